The second-order valence-corrected chi connectivity index (χ2v) is 2.68. The SMILES string of the molecule is CN1CCC[C@H]1CC=O. The molecule has 0 spiro atoms. The first-order valence-corrected chi connectivity index (χ1v) is 3.48. The fraction of sp³-hybridized carbons (Fsp3) is 0.857. The first-order chi connectivity index (χ1) is 4.34. The van der Waals surface area contributed by atoms with Gasteiger partial charge in [0.1, 0.15) is 6.29 Å². The van der Waals surface area contributed by atoms with Crippen molar-refractivity contribution in [2.75, 3.05) is 13.6 Å². The minimum absolute atomic E-state index is 0.544. The van der Waals surface area contributed by atoms with Crippen molar-refractivity contribution in [3.63, 3.8) is 0 Å². The number of likely N-dealkylation sites (tertiary alicyclic amines) is 1. The molecule has 0 aromatic heterocycles. The van der Waals surface area contributed by atoms with Gasteiger partial charge in [-0.1, -0.05) is 0 Å². The number of hydrogen-bond acceptors (Lipinski definition) is 2. The lowest BCUT2D eigenvalue weighted by atomic mass is 10.2. The zero-order valence-corrected chi connectivity index (χ0v) is 5.84. The van der Waals surface area contributed by atoms with Gasteiger partial charge in [-0.05, 0) is 26.4 Å². The highest BCUT2D eigenvalue weighted by atomic mass is 16.1. The van der Waals surface area contributed by atoms with Crippen molar-refractivity contribution in [3.05, 3.63) is 0 Å². The Morgan fingerprint density at radius 3 is 3.00 bits per heavy atom. The third-order valence-electron chi connectivity index (χ3n) is 2.04. The lowest BCUT2D eigenvalue weighted by Gasteiger charge is -2.15. The molecule has 0 N–H and O–H groups in total. The molecule has 1 aliphatic heterocycles. The average molecular weight is 127 g/mol. The summed E-state index contributed by atoms with van der Waals surface area (Å²) in [6.45, 7) is 1.17. The van der Waals surface area contributed by atoms with Crippen molar-refractivity contribution in [2.24, 2.45) is 0 Å². The Kier molecular flexibility index (Phi) is 2.22. The average Bonchev–Trinajstić information content (AvgIpc) is 2.18. The van der Waals surface area contributed by atoms with Crippen LogP contribution in [0.4, 0.5) is 0 Å². The zero-order chi connectivity index (χ0) is 6.69. The molecule has 9 heavy (non-hydrogen) atoms. The molecule has 52 valence electrons. The van der Waals surface area contributed by atoms with Crippen LogP contribution in [0, 0.1) is 0 Å². The molecule has 0 aliphatic carbocycles. The van der Waals surface area contributed by atoms with E-state index in [4.69, 9.17) is 0 Å². The van der Waals surface area contributed by atoms with Crippen LogP contribution in [0.25, 0.3) is 0 Å². The van der Waals surface area contributed by atoms with Crippen molar-refractivity contribution >= 4 is 6.29 Å². The van der Waals surface area contributed by atoms with Gasteiger partial charge < -0.3 is 9.69 Å². The molecule has 2 nitrogen and oxygen atoms in total. The first kappa shape index (κ1) is 6.75. The highest BCUT2D eigenvalue weighted by Gasteiger charge is 2.19. The van der Waals surface area contributed by atoms with Gasteiger partial charge in [0.05, 0.1) is 0 Å². The van der Waals surface area contributed by atoms with E-state index in [0.717, 1.165) is 12.7 Å². The third-order valence-corrected chi connectivity index (χ3v) is 2.04. The summed E-state index contributed by atoms with van der Waals surface area (Å²) in [5.74, 6) is 0. The Labute approximate surface area is 55.8 Å². The Bertz CT molecular complexity index is 103. The second-order valence-electron chi connectivity index (χ2n) is 2.68. The molecule has 1 aliphatic rings. The van der Waals surface area contributed by atoms with Gasteiger partial charge in [-0.15, -0.1) is 0 Å². The van der Waals surface area contributed by atoms with Crippen LogP contribution in [-0.2, 0) is 4.79 Å². The maximum atomic E-state index is 10.1. The van der Waals surface area contributed by atoms with E-state index >= 15 is 0 Å². The molecule has 0 amide bonds. The minimum Gasteiger partial charge on any atom is -0.303 e. The fourth-order valence-corrected chi connectivity index (χ4v) is 1.39. The van der Waals surface area contributed by atoms with Gasteiger partial charge >= 0.3 is 0 Å². The molecule has 0 aromatic rings. The van der Waals surface area contributed by atoms with Gasteiger partial charge in [-0.25, -0.2) is 0 Å². The topological polar surface area (TPSA) is 20.3 Å². The van der Waals surface area contributed by atoms with Crippen LogP contribution in [0.15, 0.2) is 0 Å². The Balaban J connectivity index is 2.30. The molecule has 0 aromatic carbocycles. The molecule has 1 rings (SSSR count). The highest BCUT2D eigenvalue weighted by molar-refractivity contribution is 5.50. The van der Waals surface area contributed by atoms with Crippen molar-refractivity contribution in [3.8, 4) is 0 Å². The molecule has 1 atom stereocenters. The van der Waals surface area contributed by atoms with E-state index in [9.17, 15) is 4.79 Å². The molecular weight excluding hydrogens is 114 g/mol. The molecule has 1 heterocycles. The normalized spacial score (nSPS) is 28.8. The monoisotopic (exact) mass is 127 g/mol. The molecule has 0 unspecified atom stereocenters. The maximum absolute atomic E-state index is 10.1. The Morgan fingerprint density at radius 2 is 2.56 bits per heavy atom. The van der Waals surface area contributed by atoms with E-state index in [-0.39, 0.29) is 0 Å². The summed E-state index contributed by atoms with van der Waals surface area (Å²) in [6.07, 6.45) is 4.20. The number of rotatable bonds is 2. The summed E-state index contributed by atoms with van der Waals surface area (Å²) in [7, 11) is 2.08. The molecule has 2 heteroatoms. The van der Waals surface area contributed by atoms with E-state index in [0.29, 0.717) is 6.04 Å². The minimum atomic E-state index is 0.544. The summed E-state index contributed by atoms with van der Waals surface area (Å²) in [5, 5.41) is 0. The summed E-state index contributed by atoms with van der Waals surface area (Å²) < 4.78 is 0. The maximum Gasteiger partial charge on any atom is 0.121 e. The first-order valence-electron chi connectivity index (χ1n) is 3.48. The number of carbonyl (C=O) groups excluding carboxylic acids is 1. The molecular formula is C7H13NO. The smallest absolute Gasteiger partial charge is 0.121 e. The van der Waals surface area contributed by atoms with E-state index in [1.54, 1.807) is 0 Å². The number of hydrogen-bond donors (Lipinski definition) is 0. The van der Waals surface area contributed by atoms with Gasteiger partial charge in [-0.3, -0.25) is 0 Å². The molecule has 0 saturated carbocycles. The highest BCUT2D eigenvalue weighted by Crippen LogP contribution is 2.15. The van der Waals surface area contributed by atoms with Crippen LogP contribution >= 0.6 is 0 Å². The fourth-order valence-electron chi connectivity index (χ4n) is 1.39. The predicted molar refractivity (Wildman–Crippen MR) is 36.3 cm³/mol. The van der Waals surface area contributed by atoms with E-state index in [1.165, 1.54) is 19.4 Å². The molecule has 0 radical (unpaired) electrons. The van der Waals surface area contributed by atoms with Gasteiger partial charge in [0.15, 0.2) is 0 Å². The van der Waals surface area contributed by atoms with Gasteiger partial charge in [0.2, 0.25) is 0 Å². The van der Waals surface area contributed by atoms with Crippen molar-refractivity contribution in [1.29, 1.82) is 0 Å². The third kappa shape index (κ3) is 1.52. The van der Waals surface area contributed by atoms with E-state index in [1.807, 2.05) is 0 Å². The largest absolute Gasteiger partial charge is 0.303 e. The quantitative estimate of drug-likeness (QED) is 0.508. The second kappa shape index (κ2) is 2.97. The van der Waals surface area contributed by atoms with Gasteiger partial charge in [0.25, 0.3) is 0 Å². The lowest BCUT2D eigenvalue weighted by molar-refractivity contribution is -0.108. The number of nitrogens with zero attached hydrogens (tertiary/aromatic N) is 1. The van der Waals surface area contributed by atoms with Crippen LogP contribution in [0.3, 0.4) is 0 Å². The van der Waals surface area contributed by atoms with Crippen LogP contribution in [-0.4, -0.2) is 30.8 Å². The van der Waals surface area contributed by atoms with E-state index in [2.05, 4.69) is 11.9 Å². The number of carbonyl (C=O) groups is 1. The van der Waals surface area contributed by atoms with Crippen LogP contribution in [0.5, 0.6) is 0 Å². The summed E-state index contributed by atoms with van der Waals surface area (Å²) in [5.41, 5.74) is 0. The van der Waals surface area contributed by atoms with Gasteiger partial charge in [0, 0.05) is 12.5 Å². The molecule has 0 bridgehead atoms. The van der Waals surface area contributed by atoms with Crippen molar-refractivity contribution in [1.82, 2.24) is 4.90 Å². The summed E-state index contributed by atoms with van der Waals surface area (Å²) in [6, 6.07) is 0.544. The van der Waals surface area contributed by atoms with Crippen LogP contribution in [0.2, 0.25) is 0 Å². The van der Waals surface area contributed by atoms with Crippen LogP contribution < -0.4 is 0 Å². The summed E-state index contributed by atoms with van der Waals surface area (Å²) in [4.78, 5) is 12.3. The van der Waals surface area contributed by atoms with E-state index < -0.39 is 0 Å². The van der Waals surface area contributed by atoms with Gasteiger partial charge in [-0.2, -0.15) is 0 Å². The van der Waals surface area contributed by atoms with Crippen molar-refractivity contribution in [2.45, 2.75) is 25.3 Å². The Morgan fingerprint density at radius 1 is 1.78 bits per heavy atom. The van der Waals surface area contributed by atoms with Crippen LogP contribution in [0.1, 0.15) is 19.3 Å². The summed E-state index contributed by atoms with van der Waals surface area (Å²) >= 11 is 0. The van der Waals surface area contributed by atoms with Crippen molar-refractivity contribution < 1.29 is 4.79 Å². The predicted octanol–water partition coefficient (Wildman–Crippen LogP) is 0.670. The zero-order valence-electron chi connectivity index (χ0n) is 5.84. The number of aldehydes is 1. The Hall–Kier alpha value is -0.370. The standard InChI is InChI=1S/C7H13NO/c1-8-5-2-3-7(8)4-6-9/h6-7H,2-5H2,1H3/t7-/m0/s1. The molecule has 1 fully saturated rings. The lowest BCUT2D eigenvalue weighted by Crippen LogP contribution is -2.24. The molecule has 1 saturated heterocycles.